The first-order valence-electron chi connectivity index (χ1n) is 5.81. The molecule has 0 heterocycles. The van der Waals surface area contributed by atoms with Crippen molar-refractivity contribution in [2.24, 2.45) is 0 Å². The Morgan fingerprint density at radius 2 is 1.48 bits per heavy atom. The molecule has 1 aromatic carbocycles. The average Bonchev–Trinajstić information content (AvgIpc) is 2.45. The van der Waals surface area contributed by atoms with Crippen molar-refractivity contribution < 1.29 is 48.3 Å². The van der Waals surface area contributed by atoms with E-state index in [0.717, 1.165) is 12.1 Å². The first-order chi connectivity index (χ1) is 11.1. The molecule has 0 bridgehead atoms. The van der Waals surface area contributed by atoms with E-state index in [0.29, 0.717) is 5.56 Å². The van der Waals surface area contributed by atoms with E-state index < -0.39 is 42.5 Å². The molecule has 0 aliphatic carbocycles. The summed E-state index contributed by atoms with van der Waals surface area (Å²) in [5, 5.41) is -5.62. The summed E-state index contributed by atoms with van der Waals surface area (Å²) >= 11 is 0. The molecule has 0 saturated carbocycles. The van der Waals surface area contributed by atoms with Gasteiger partial charge in [-0.15, -0.1) is 0 Å². The second kappa shape index (κ2) is 6.68. The van der Waals surface area contributed by atoms with Gasteiger partial charge >= 0.3 is 36.8 Å². The van der Waals surface area contributed by atoms with Crippen LogP contribution in [0.25, 0.3) is 6.08 Å². The van der Waals surface area contributed by atoms with Crippen LogP contribution in [-0.4, -0.2) is 33.6 Å². The van der Waals surface area contributed by atoms with Gasteiger partial charge in [0.25, 0.3) is 0 Å². The highest BCUT2D eigenvalue weighted by Gasteiger charge is 2.60. The summed E-state index contributed by atoms with van der Waals surface area (Å²) in [4.78, 5) is 11.3. The first-order valence-corrected chi connectivity index (χ1v) is 8.78. The minimum atomic E-state index is -6.69. The Balaban J connectivity index is 3.08. The molecule has 0 aromatic heterocycles. The van der Waals surface area contributed by atoms with Crippen molar-refractivity contribution in [1.82, 2.24) is 4.13 Å². The van der Waals surface area contributed by atoms with Crippen LogP contribution in [0.3, 0.4) is 0 Å². The maximum Gasteiger partial charge on any atom is 0.512 e. The number of rotatable bonds is 6. The van der Waals surface area contributed by atoms with Crippen LogP contribution in [0.2, 0.25) is 0 Å². The molecule has 14 heteroatoms. The topological polar surface area (TPSA) is 107 Å². The van der Waals surface area contributed by atoms with Gasteiger partial charge in [0.2, 0.25) is 0 Å². The van der Waals surface area contributed by atoms with Crippen molar-refractivity contribution in [3.63, 3.8) is 0 Å². The Hall–Kier alpha value is -2.06. The number of carbonyl (C=O) groups is 1. The van der Waals surface area contributed by atoms with E-state index in [1.165, 1.54) is 18.2 Å². The molecule has 25 heavy (non-hydrogen) atoms. The largest absolute Gasteiger partial charge is 0.512 e. The van der Waals surface area contributed by atoms with E-state index in [-0.39, 0.29) is 4.13 Å². The van der Waals surface area contributed by atoms with Crippen LogP contribution in [0.4, 0.5) is 22.0 Å². The monoisotopic (exact) mass is 409 g/mol. The zero-order valence-corrected chi connectivity index (χ0v) is 13.4. The smallest absolute Gasteiger partial charge is 0.421 e. The summed E-state index contributed by atoms with van der Waals surface area (Å²) in [5.74, 6) is -3.37. The van der Waals surface area contributed by atoms with E-state index in [1.807, 2.05) is 0 Å². The number of hydrogen-bond donors (Lipinski definition) is 1. The third-order valence-corrected chi connectivity index (χ3v) is 5.63. The van der Waals surface area contributed by atoms with Crippen molar-refractivity contribution in [2.75, 3.05) is 0 Å². The lowest BCUT2D eigenvalue weighted by molar-refractivity contribution is -0.150. The number of benzene rings is 1. The number of alkyl halides is 5. The summed E-state index contributed by atoms with van der Waals surface area (Å²) in [7, 11) is -13.3. The van der Waals surface area contributed by atoms with Gasteiger partial charge in [0.1, 0.15) is 5.75 Å². The predicted octanol–water partition coefficient (Wildman–Crippen LogP) is 1.60. The zero-order chi connectivity index (χ0) is 19.7. The van der Waals surface area contributed by atoms with Gasteiger partial charge in [-0.1, -0.05) is 28.9 Å². The second-order valence-electron chi connectivity index (χ2n) is 4.22. The summed E-state index contributed by atoms with van der Waals surface area (Å²) in [6.45, 7) is 3.38. The molecule has 0 aliphatic rings. The lowest BCUT2D eigenvalue weighted by Crippen LogP contribution is -2.51. The van der Waals surface area contributed by atoms with Crippen LogP contribution in [-0.2, 0) is 24.8 Å². The van der Waals surface area contributed by atoms with Gasteiger partial charge < -0.3 is 4.74 Å². The molecule has 7 nitrogen and oxygen atoms in total. The number of ether oxygens (including phenoxy) is 1. The highest BCUT2D eigenvalue weighted by Crippen LogP contribution is 2.28. The minimum Gasteiger partial charge on any atom is -0.421 e. The predicted molar refractivity (Wildman–Crippen MR) is 74.1 cm³/mol. The standard InChI is InChI=1S/C11H8F5NO6S2/c1-2-7-3-5-8(6-4-7)23-9(18)10(12,13)24(19,20)17-25(21,22)11(14,15)16/h2-6,17H,1H2. The Labute approximate surface area is 138 Å². The van der Waals surface area contributed by atoms with E-state index in [2.05, 4.69) is 11.3 Å². The fourth-order valence-corrected chi connectivity index (χ4v) is 3.41. The van der Waals surface area contributed by atoms with Gasteiger partial charge in [-0.05, 0) is 17.7 Å². The number of nitrogens with one attached hydrogen (secondary N) is 1. The fourth-order valence-electron chi connectivity index (χ4n) is 1.19. The van der Waals surface area contributed by atoms with Gasteiger partial charge in [0, 0.05) is 0 Å². The number of esters is 1. The molecule has 1 N–H and O–H groups in total. The minimum absolute atomic E-state index is 0.247. The lowest BCUT2D eigenvalue weighted by Gasteiger charge is -2.17. The lowest BCUT2D eigenvalue weighted by atomic mass is 10.2. The van der Waals surface area contributed by atoms with Crippen LogP contribution in [0, 0.1) is 0 Å². The summed E-state index contributed by atoms with van der Waals surface area (Å²) in [6.07, 6.45) is 1.34. The van der Waals surface area contributed by atoms with Crippen molar-refractivity contribution >= 4 is 32.1 Å². The molecule has 0 fully saturated rings. The number of halogens is 5. The molecule has 0 aliphatic heterocycles. The number of sulfonamides is 2. The molecule has 0 amide bonds. The van der Waals surface area contributed by atoms with Crippen molar-refractivity contribution in [3.8, 4) is 5.75 Å². The Bertz CT molecular complexity index is 875. The molecule has 0 radical (unpaired) electrons. The highest BCUT2D eigenvalue weighted by molar-refractivity contribution is 8.05. The summed E-state index contributed by atoms with van der Waals surface area (Å²) in [5.41, 5.74) is -5.71. The third kappa shape index (κ3) is 4.52. The van der Waals surface area contributed by atoms with Crippen LogP contribution >= 0.6 is 0 Å². The van der Waals surface area contributed by atoms with Crippen LogP contribution in [0.5, 0.6) is 5.75 Å². The maximum atomic E-state index is 13.6. The van der Waals surface area contributed by atoms with E-state index >= 15 is 0 Å². The Morgan fingerprint density at radius 3 is 1.88 bits per heavy atom. The van der Waals surface area contributed by atoms with Gasteiger partial charge in [-0.25, -0.2) is 21.6 Å². The van der Waals surface area contributed by atoms with Crippen LogP contribution in [0.1, 0.15) is 5.56 Å². The third-order valence-electron chi connectivity index (χ3n) is 2.43. The van der Waals surface area contributed by atoms with Crippen molar-refractivity contribution in [2.45, 2.75) is 10.8 Å². The molecule has 1 rings (SSSR count). The zero-order valence-electron chi connectivity index (χ0n) is 11.7. The van der Waals surface area contributed by atoms with Crippen molar-refractivity contribution in [3.05, 3.63) is 36.4 Å². The van der Waals surface area contributed by atoms with Crippen LogP contribution in [0.15, 0.2) is 30.8 Å². The quantitative estimate of drug-likeness (QED) is 0.435. The molecule has 0 unspecified atom stereocenters. The maximum absolute atomic E-state index is 13.6. The normalized spacial score (nSPS) is 13.3. The Morgan fingerprint density at radius 1 is 1.00 bits per heavy atom. The van der Waals surface area contributed by atoms with Crippen molar-refractivity contribution in [1.29, 1.82) is 0 Å². The summed E-state index contributed by atoms with van der Waals surface area (Å²) in [6, 6.07) is 4.43. The number of hydrogen-bond acceptors (Lipinski definition) is 6. The van der Waals surface area contributed by atoms with E-state index in [4.69, 9.17) is 0 Å². The van der Waals surface area contributed by atoms with Crippen LogP contribution < -0.4 is 8.86 Å². The van der Waals surface area contributed by atoms with E-state index in [1.54, 1.807) is 0 Å². The first kappa shape index (κ1) is 21.0. The SMILES string of the molecule is C=Cc1ccc(OC(=O)C(F)(F)S(=O)(=O)NS(=O)(=O)C(F)(F)F)cc1. The average molecular weight is 409 g/mol. The summed E-state index contributed by atoms with van der Waals surface area (Å²) < 4.78 is 111. The molecular formula is C11H8F5NO6S2. The number of carbonyl (C=O) groups excluding carboxylic acids is 1. The molecule has 0 atom stereocenters. The van der Waals surface area contributed by atoms with Gasteiger partial charge in [0.05, 0.1) is 0 Å². The van der Waals surface area contributed by atoms with E-state index in [9.17, 15) is 43.6 Å². The molecule has 140 valence electrons. The second-order valence-corrected chi connectivity index (χ2v) is 7.87. The highest BCUT2D eigenvalue weighted by atomic mass is 32.3. The molecule has 1 aromatic rings. The van der Waals surface area contributed by atoms with Gasteiger partial charge in [-0.3, -0.25) is 0 Å². The van der Waals surface area contributed by atoms with Gasteiger partial charge in [0.15, 0.2) is 0 Å². The molecular weight excluding hydrogens is 401 g/mol. The molecule has 0 saturated heterocycles. The van der Waals surface area contributed by atoms with Gasteiger partial charge in [-0.2, -0.15) is 22.0 Å². The molecule has 0 spiro atoms. The Kier molecular flexibility index (Phi) is 5.61. The fraction of sp³-hybridized carbons (Fsp3) is 0.182.